The van der Waals surface area contributed by atoms with Gasteiger partial charge in [0.25, 0.3) is 0 Å². The molecule has 0 bridgehead atoms. The Morgan fingerprint density at radius 2 is 1.63 bits per heavy atom. The van der Waals surface area contributed by atoms with Crippen LogP contribution in [-0.4, -0.2) is 69.8 Å². The minimum Gasteiger partial charge on any atom is -0.352 e. The predicted molar refractivity (Wildman–Crippen MR) is 131 cm³/mol. The quantitative estimate of drug-likeness (QED) is 0.448. The number of nitrogens with zero attached hydrogens (tertiary/aromatic N) is 7. The molecule has 2 aromatic heterocycles. The molecule has 11 nitrogen and oxygen atoms in total. The standard InChI is InChI=1S/C23H24N8O3S/c1-16-3-7-19(8-4-16)31-23-21(27-28-31)22(24-15-25-23)29-11-13-30(14-12-29)35(33,34)20-9-5-18(6-10-20)26-17(2)32/h3-10,15H,11-14H2,1-2H3,(H,26,32). The van der Waals surface area contributed by atoms with Crippen molar-refractivity contribution in [3.05, 3.63) is 60.4 Å². The zero-order valence-corrected chi connectivity index (χ0v) is 20.1. The van der Waals surface area contributed by atoms with E-state index >= 15 is 0 Å². The number of hydrogen-bond acceptors (Lipinski definition) is 8. The fraction of sp³-hybridized carbons (Fsp3) is 0.261. The Balaban J connectivity index is 1.33. The summed E-state index contributed by atoms with van der Waals surface area (Å²) in [6.45, 7) is 4.92. The molecule has 1 amide bonds. The lowest BCUT2D eigenvalue weighted by molar-refractivity contribution is -0.114. The van der Waals surface area contributed by atoms with E-state index in [4.69, 9.17) is 0 Å². The number of carbonyl (C=O) groups excluding carboxylic acids is 1. The van der Waals surface area contributed by atoms with E-state index < -0.39 is 10.0 Å². The van der Waals surface area contributed by atoms with Crippen LogP contribution in [0, 0.1) is 6.92 Å². The van der Waals surface area contributed by atoms with E-state index in [1.807, 2.05) is 36.1 Å². The second-order valence-corrected chi connectivity index (χ2v) is 10.2. The number of carbonyl (C=O) groups is 1. The highest BCUT2D eigenvalue weighted by atomic mass is 32.2. The topological polar surface area (TPSA) is 126 Å². The van der Waals surface area contributed by atoms with Crippen molar-refractivity contribution in [1.82, 2.24) is 29.3 Å². The van der Waals surface area contributed by atoms with Crippen LogP contribution in [0.1, 0.15) is 12.5 Å². The number of hydrogen-bond donors (Lipinski definition) is 1. The number of benzene rings is 2. The molecule has 1 saturated heterocycles. The van der Waals surface area contributed by atoms with Crippen LogP contribution in [0.5, 0.6) is 0 Å². The second kappa shape index (κ2) is 9.04. The molecule has 5 rings (SSSR count). The number of anilines is 2. The third-order valence-corrected chi connectivity index (χ3v) is 7.76. The molecule has 2 aromatic carbocycles. The minimum atomic E-state index is -3.66. The van der Waals surface area contributed by atoms with Gasteiger partial charge in [-0.25, -0.2) is 18.4 Å². The first-order chi connectivity index (χ1) is 16.8. The number of sulfonamides is 1. The van der Waals surface area contributed by atoms with Gasteiger partial charge in [-0.1, -0.05) is 22.9 Å². The highest BCUT2D eigenvalue weighted by Gasteiger charge is 2.30. The number of rotatable bonds is 5. The molecule has 0 unspecified atom stereocenters. The maximum Gasteiger partial charge on any atom is 0.243 e. The molecule has 35 heavy (non-hydrogen) atoms. The van der Waals surface area contributed by atoms with Crippen LogP contribution < -0.4 is 10.2 Å². The van der Waals surface area contributed by atoms with Crippen molar-refractivity contribution < 1.29 is 13.2 Å². The number of nitrogens with one attached hydrogen (secondary N) is 1. The molecule has 1 N–H and O–H groups in total. The van der Waals surface area contributed by atoms with Gasteiger partial charge in [0.05, 0.1) is 10.6 Å². The second-order valence-electron chi connectivity index (χ2n) is 8.30. The van der Waals surface area contributed by atoms with E-state index in [9.17, 15) is 13.2 Å². The fourth-order valence-electron chi connectivity index (χ4n) is 4.03. The molecule has 0 aliphatic carbocycles. The number of aromatic nitrogens is 5. The van der Waals surface area contributed by atoms with Crippen molar-refractivity contribution in [3.8, 4) is 5.69 Å². The lowest BCUT2D eigenvalue weighted by atomic mass is 10.2. The van der Waals surface area contributed by atoms with E-state index in [2.05, 4.69) is 25.6 Å². The van der Waals surface area contributed by atoms with Crippen LogP contribution in [-0.2, 0) is 14.8 Å². The zero-order valence-electron chi connectivity index (χ0n) is 19.3. The molecule has 180 valence electrons. The van der Waals surface area contributed by atoms with E-state index in [1.165, 1.54) is 29.7 Å². The highest BCUT2D eigenvalue weighted by Crippen LogP contribution is 2.26. The Morgan fingerprint density at radius 1 is 0.943 bits per heavy atom. The monoisotopic (exact) mass is 492 g/mol. The Labute approximate surface area is 202 Å². The number of amides is 1. The summed E-state index contributed by atoms with van der Waals surface area (Å²) in [5.74, 6) is 0.416. The Morgan fingerprint density at radius 3 is 2.29 bits per heavy atom. The average Bonchev–Trinajstić information content (AvgIpc) is 3.29. The lowest BCUT2D eigenvalue weighted by Gasteiger charge is -2.34. The molecule has 0 saturated carbocycles. The van der Waals surface area contributed by atoms with Gasteiger partial charge in [-0.05, 0) is 43.3 Å². The first-order valence-corrected chi connectivity index (χ1v) is 12.5. The van der Waals surface area contributed by atoms with Crippen LogP contribution in [0.4, 0.5) is 11.5 Å². The Kier molecular flexibility index (Phi) is 5.91. The fourth-order valence-corrected chi connectivity index (χ4v) is 5.45. The summed E-state index contributed by atoms with van der Waals surface area (Å²) in [5, 5.41) is 11.2. The van der Waals surface area contributed by atoms with Gasteiger partial charge < -0.3 is 10.2 Å². The Bertz CT molecular complexity index is 1480. The van der Waals surface area contributed by atoms with Crippen LogP contribution in [0.2, 0.25) is 0 Å². The molecule has 0 radical (unpaired) electrons. The molecular weight excluding hydrogens is 468 g/mol. The summed E-state index contributed by atoms with van der Waals surface area (Å²) in [4.78, 5) is 22.2. The molecule has 1 aliphatic rings. The van der Waals surface area contributed by atoms with Gasteiger partial charge in [0.15, 0.2) is 17.0 Å². The molecule has 4 aromatic rings. The molecular formula is C23H24N8O3S. The summed E-state index contributed by atoms with van der Waals surface area (Å²) in [6, 6.07) is 14.1. The van der Waals surface area contributed by atoms with E-state index in [0.717, 1.165) is 11.3 Å². The van der Waals surface area contributed by atoms with Gasteiger partial charge in [-0.2, -0.15) is 8.99 Å². The van der Waals surface area contributed by atoms with Crippen molar-refractivity contribution >= 4 is 38.6 Å². The third kappa shape index (κ3) is 4.45. The SMILES string of the molecule is CC(=O)Nc1ccc(S(=O)(=O)N2CCN(c3ncnc4c3nnn4-c3ccc(C)cc3)CC2)cc1. The maximum absolute atomic E-state index is 13.1. The zero-order chi connectivity index (χ0) is 24.6. The molecule has 0 atom stereocenters. The summed E-state index contributed by atoms with van der Waals surface area (Å²) in [5.41, 5.74) is 3.70. The smallest absolute Gasteiger partial charge is 0.243 e. The van der Waals surface area contributed by atoms with Crippen molar-refractivity contribution in [3.63, 3.8) is 0 Å². The summed E-state index contributed by atoms with van der Waals surface area (Å²) in [7, 11) is -3.66. The number of piperazine rings is 1. The van der Waals surface area contributed by atoms with Gasteiger partial charge in [-0.3, -0.25) is 4.79 Å². The predicted octanol–water partition coefficient (Wildman–Crippen LogP) is 1.99. The van der Waals surface area contributed by atoms with Gasteiger partial charge in [0.1, 0.15) is 6.33 Å². The van der Waals surface area contributed by atoms with E-state index in [0.29, 0.717) is 48.8 Å². The van der Waals surface area contributed by atoms with Crippen molar-refractivity contribution in [1.29, 1.82) is 0 Å². The molecule has 12 heteroatoms. The number of fused-ring (bicyclic) bond motifs is 1. The summed E-state index contributed by atoms with van der Waals surface area (Å²) in [6.07, 6.45) is 1.48. The van der Waals surface area contributed by atoms with Crippen molar-refractivity contribution in [2.75, 3.05) is 36.4 Å². The first kappa shape index (κ1) is 22.9. The van der Waals surface area contributed by atoms with Gasteiger partial charge in [0.2, 0.25) is 15.9 Å². The van der Waals surface area contributed by atoms with E-state index in [1.54, 1.807) is 16.8 Å². The van der Waals surface area contributed by atoms with Crippen LogP contribution >= 0.6 is 0 Å². The third-order valence-electron chi connectivity index (χ3n) is 5.85. The van der Waals surface area contributed by atoms with Gasteiger partial charge in [-0.15, -0.1) is 5.10 Å². The van der Waals surface area contributed by atoms with Crippen LogP contribution in [0.25, 0.3) is 16.9 Å². The average molecular weight is 493 g/mol. The maximum atomic E-state index is 13.1. The van der Waals surface area contributed by atoms with Gasteiger partial charge in [0, 0.05) is 38.8 Å². The Hall–Kier alpha value is -3.90. The van der Waals surface area contributed by atoms with E-state index in [-0.39, 0.29) is 10.8 Å². The van der Waals surface area contributed by atoms with Crippen molar-refractivity contribution in [2.45, 2.75) is 18.7 Å². The minimum absolute atomic E-state index is 0.186. The molecule has 1 fully saturated rings. The van der Waals surface area contributed by atoms with Crippen LogP contribution in [0.3, 0.4) is 0 Å². The molecule has 3 heterocycles. The first-order valence-electron chi connectivity index (χ1n) is 11.1. The summed E-state index contributed by atoms with van der Waals surface area (Å²) < 4.78 is 29.4. The summed E-state index contributed by atoms with van der Waals surface area (Å²) >= 11 is 0. The van der Waals surface area contributed by atoms with Crippen LogP contribution in [0.15, 0.2) is 59.8 Å². The largest absolute Gasteiger partial charge is 0.352 e. The lowest BCUT2D eigenvalue weighted by Crippen LogP contribution is -2.49. The molecule has 1 aliphatic heterocycles. The van der Waals surface area contributed by atoms with Crippen molar-refractivity contribution in [2.24, 2.45) is 0 Å². The highest BCUT2D eigenvalue weighted by molar-refractivity contribution is 7.89. The molecule has 0 spiro atoms. The normalized spacial score (nSPS) is 14.9. The number of aryl methyl sites for hydroxylation is 1. The van der Waals surface area contributed by atoms with Gasteiger partial charge >= 0.3 is 0 Å².